The van der Waals surface area contributed by atoms with Crippen LogP contribution in [0.15, 0.2) is 33.9 Å². The van der Waals surface area contributed by atoms with Gasteiger partial charge in [0, 0.05) is 22.9 Å². The van der Waals surface area contributed by atoms with E-state index in [1.807, 2.05) is 19.1 Å². The number of carbonyl (C=O) groups excluding carboxylic acids is 1. The second-order valence-corrected chi connectivity index (χ2v) is 7.85. The highest BCUT2D eigenvalue weighted by atomic mass is 16.2. The summed E-state index contributed by atoms with van der Waals surface area (Å²) in [5.41, 5.74) is 8.08. The molecule has 3 N–H and O–H groups in total. The molecule has 7 heteroatoms. The lowest BCUT2D eigenvalue weighted by atomic mass is 9.95. The molecule has 4 rings (SSSR count). The van der Waals surface area contributed by atoms with Crippen molar-refractivity contribution in [3.8, 4) is 0 Å². The summed E-state index contributed by atoms with van der Waals surface area (Å²) in [5.74, 6) is -0.244. The van der Waals surface area contributed by atoms with Gasteiger partial charge in [-0.15, -0.1) is 0 Å². The molecule has 0 spiro atoms. The number of nitrogens with one attached hydrogen (secondary N) is 3. The molecule has 1 aromatic heterocycles. The summed E-state index contributed by atoms with van der Waals surface area (Å²) >= 11 is 0. The van der Waals surface area contributed by atoms with Crippen molar-refractivity contribution < 1.29 is 4.79 Å². The summed E-state index contributed by atoms with van der Waals surface area (Å²) < 4.78 is 1.42. The Morgan fingerprint density at radius 2 is 1.79 bits per heavy atom. The maximum absolute atomic E-state index is 12.9. The Labute approximate surface area is 163 Å². The van der Waals surface area contributed by atoms with E-state index in [2.05, 4.69) is 15.8 Å². The zero-order valence-electron chi connectivity index (χ0n) is 16.1. The molecule has 1 aromatic carbocycles. The summed E-state index contributed by atoms with van der Waals surface area (Å²) in [4.78, 5) is 40.8. The lowest BCUT2D eigenvalue weighted by Gasteiger charge is -2.23. The number of rotatable bonds is 4. The van der Waals surface area contributed by atoms with Crippen LogP contribution in [0.5, 0.6) is 0 Å². The Kier molecular flexibility index (Phi) is 5.17. The number of nitrogens with zero attached hydrogens (tertiary/aromatic N) is 1. The first-order valence-electron chi connectivity index (χ1n) is 10.0. The van der Waals surface area contributed by atoms with E-state index in [0.29, 0.717) is 29.7 Å². The van der Waals surface area contributed by atoms with Gasteiger partial charge in [0.05, 0.1) is 6.04 Å². The molecule has 2 aromatic rings. The monoisotopic (exact) mass is 382 g/mol. The molecule has 0 aliphatic heterocycles. The van der Waals surface area contributed by atoms with Gasteiger partial charge in [0.15, 0.2) is 0 Å². The number of amides is 1. The lowest BCUT2D eigenvalue weighted by molar-refractivity contribution is 0.0924. The van der Waals surface area contributed by atoms with Gasteiger partial charge in [-0.25, -0.2) is 10.2 Å². The van der Waals surface area contributed by atoms with Gasteiger partial charge in [0.1, 0.15) is 0 Å². The van der Waals surface area contributed by atoms with E-state index >= 15 is 0 Å². The van der Waals surface area contributed by atoms with Gasteiger partial charge in [-0.2, -0.15) is 0 Å². The zero-order chi connectivity index (χ0) is 19.7. The molecule has 1 heterocycles. The minimum Gasteiger partial charge on any atom is -0.309 e. The first kappa shape index (κ1) is 18.7. The molecule has 28 heavy (non-hydrogen) atoms. The number of hydrazine groups is 1. The quantitative estimate of drug-likeness (QED) is 0.707. The van der Waals surface area contributed by atoms with Gasteiger partial charge in [0.25, 0.3) is 11.5 Å². The first-order valence-corrected chi connectivity index (χ1v) is 10.0. The van der Waals surface area contributed by atoms with Crippen LogP contribution in [0.2, 0.25) is 0 Å². The van der Waals surface area contributed by atoms with Crippen molar-refractivity contribution in [3.05, 3.63) is 67.5 Å². The highest BCUT2D eigenvalue weighted by Crippen LogP contribution is 2.29. The summed E-state index contributed by atoms with van der Waals surface area (Å²) in [6, 6.07) is 7.02. The Hall–Kier alpha value is -2.67. The van der Waals surface area contributed by atoms with Crippen LogP contribution in [-0.4, -0.2) is 15.5 Å². The molecule has 148 valence electrons. The number of benzene rings is 1. The maximum atomic E-state index is 12.9. The fourth-order valence-corrected chi connectivity index (χ4v) is 4.32. The predicted octanol–water partition coefficient (Wildman–Crippen LogP) is 2.27. The number of aromatic amines is 1. The molecule has 7 nitrogen and oxygen atoms in total. The number of hydrogen-bond donors (Lipinski definition) is 3. The largest absolute Gasteiger partial charge is 0.328 e. The molecule has 1 amide bonds. The minimum absolute atomic E-state index is 0.00329. The van der Waals surface area contributed by atoms with Crippen LogP contribution in [-0.2, 0) is 6.42 Å². The van der Waals surface area contributed by atoms with Crippen molar-refractivity contribution in [2.24, 2.45) is 0 Å². The van der Waals surface area contributed by atoms with Crippen LogP contribution in [0.4, 0.5) is 0 Å². The van der Waals surface area contributed by atoms with Crippen LogP contribution in [0.3, 0.4) is 0 Å². The number of aryl methyl sites for hydroxylation is 1. The lowest BCUT2D eigenvalue weighted by Crippen LogP contribution is -2.43. The van der Waals surface area contributed by atoms with Crippen LogP contribution >= 0.6 is 0 Å². The van der Waals surface area contributed by atoms with Gasteiger partial charge in [0.2, 0.25) is 0 Å². The molecule has 1 atom stereocenters. The number of hydrogen-bond acceptors (Lipinski definition) is 4. The maximum Gasteiger partial charge on any atom is 0.328 e. The van der Waals surface area contributed by atoms with Gasteiger partial charge in [-0.3, -0.25) is 19.6 Å². The molecule has 0 bridgehead atoms. The summed E-state index contributed by atoms with van der Waals surface area (Å²) in [6.45, 7) is 1.96. The Balaban J connectivity index is 1.51. The molecule has 1 fully saturated rings. The highest BCUT2D eigenvalue weighted by Gasteiger charge is 2.30. The predicted molar refractivity (Wildman–Crippen MR) is 106 cm³/mol. The van der Waals surface area contributed by atoms with E-state index in [-0.39, 0.29) is 29.2 Å². The van der Waals surface area contributed by atoms with Crippen LogP contribution < -0.4 is 22.1 Å². The molecular weight excluding hydrogens is 356 g/mol. The van der Waals surface area contributed by atoms with E-state index < -0.39 is 0 Å². The van der Waals surface area contributed by atoms with E-state index in [9.17, 15) is 14.4 Å². The number of fused-ring (bicyclic) bond motifs is 1. The minimum atomic E-state index is -0.339. The fraction of sp³-hybridized carbons (Fsp3) is 0.476. The van der Waals surface area contributed by atoms with Crippen LogP contribution in [0.1, 0.15) is 77.8 Å². The topological polar surface area (TPSA) is 96.0 Å². The third kappa shape index (κ3) is 3.54. The summed E-state index contributed by atoms with van der Waals surface area (Å²) in [6.07, 6.45) is 6.30. The molecule has 2 aliphatic rings. The average Bonchev–Trinajstić information content (AvgIpc) is 3.10. The van der Waals surface area contributed by atoms with Crippen molar-refractivity contribution in [2.75, 3.05) is 0 Å². The Morgan fingerprint density at radius 3 is 2.50 bits per heavy atom. The number of H-pyrrole nitrogens is 1. The van der Waals surface area contributed by atoms with Crippen molar-refractivity contribution in [2.45, 2.75) is 64.0 Å². The second-order valence-electron chi connectivity index (χ2n) is 7.85. The number of aromatic nitrogens is 2. The zero-order valence-corrected chi connectivity index (χ0v) is 16.1. The van der Waals surface area contributed by atoms with Crippen molar-refractivity contribution >= 4 is 5.91 Å². The molecular formula is C21H26N4O3. The van der Waals surface area contributed by atoms with Crippen molar-refractivity contribution in [3.63, 3.8) is 0 Å². The third-order valence-corrected chi connectivity index (χ3v) is 5.91. The number of carbonyl (C=O) groups is 1. The van der Waals surface area contributed by atoms with Crippen LogP contribution in [0.25, 0.3) is 0 Å². The van der Waals surface area contributed by atoms with Crippen LogP contribution in [0, 0.1) is 6.92 Å². The van der Waals surface area contributed by atoms with Gasteiger partial charge in [-0.05, 0) is 44.7 Å². The van der Waals surface area contributed by atoms with E-state index in [4.69, 9.17) is 0 Å². The second kappa shape index (κ2) is 7.75. The molecule has 0 saturated heterocycles. The van der Waals surface area contributed by atoms with Crippen molar-refractivity contribution in [1.29, 1.82) is 0 Å². The van der Waals surface area contributed by atoms with E-state index in [1.54, 1.807) is 12.1 Å². The van der Waals surface area contributed by atoms with E-state index in [0.717, 1.165) is 31.2 Å². The van der Waals surface area contributed by atoms with E-state index in [1.165, 1.54) is 11.0 Å². The normalized spacial score (nSPS) is 19.4. The summed E-state index contributed by atoms with van der Waals surface area (Å²) in [7, 11) is 0. The smallest absolute Gasteiger partial charge is 0.309 e. The van der Waals surface area contributed by atoms with Crippen molar-refractivity contribution in [1.82, 2.24) is 20.4 Å². The Bertz CT molecular complexity index is 984. The third-order valence-electron chi connectivity index (χ3n) is 5.91. The van der Waals surface area contributed by atoms with Gasteiger partial charge in [-0.1, -0.05) is 37.0 Å². The molecule has 1 saturated carbocycles. The first-order chi connectivity index (χ1) is 13.5. The standard InChI is InChI=1S/C21H26N4O3/c1-13-7-9-14(10-8-13)19(26)24-23-17-12-11-16-18(17)22-21(28)25(20(16)27)15-5-3-2-4-6-15/h7-10,15,17,23H,2-6,11-12H2,1H3,(H,22,28)(H,24,26). The van der Waals surface area contributed by atoms with Gasteiger partial charge < -0.3 is 4.98 Å². The molecule has 2 aliphatic carbocycles. The Morgan fingerprint density at radius 1 is 1.07 bits per heavy atom. The summed E-state index contributed by atoms with van der Waals surface area (Å²) in [5, 5.41) is 0. The highest BCUT2D eigenvalue weighted by molar-refractivity contribution is 5.93. The molecule has 1 unspecified atom stereocenters. The average molecular weight is 382 g/mol. The fourth-order valence-electron chi connectivity index (χ4n) is 4.32. The molecule has 0 radical (unpaired) electrons. The SMILES string of the molecule is Cc1ccc(C(=O)NNC2CCc3c2[nH]c(=O)n(C2CCCCC2)c3=O)cc1. The van der Waals surface area contributed by atoms with Gasteiger partial charge >= 0.3 is 5.69 Å².